The molecule has 1 amide bonds. The molecular formula is C36H48F3N5O6. The van der Waals surface area contributed by atoms with Gasteiger partial charge in [-0.25, -0.2) is 4.79 Å². The number of aromatic nitrogens is 2. The van der Waals surface area contributed by atoms with E-state index >= 15 is 0 Å². The topological polar surface area (TPSA) is 127 Å². The molecule has 14 heteroatoms. The molecule has 0 spiro atoms. The van der Waals surface area contributed by atoms with E-state index < -0.39 is 47.1 Å². The number of piperidine rings is 1. The van der Waals surface area contributed by atoms with E-state index in [4.69, 9.17) is 13.9 Å². The Morgan fingerprint density at radius 3 is 2.38 bits per heavy atom. The zero-order chi connectivity index (χ0) is 37.0. The molecule has 274 valence electrons. The first-order chi connectivity index (χ1) is 23.2. The van der Waals surface area contributed by atoms with Crippen LogP contribution >= 0.6 is 0 Å². The number of Topliss-reactive ketones (excluding diaryl/α,β-unsaturated/α-hetero) is 1. The molecule has 1 N–H and O–H groups in total. The minimum atomic E-state index is -4.50. The van der Waals surface area contributed by atoms with Gasteiger partial charge >= 0.3 is 18.2 Å². The standard InChI is InChI=1S/C36H48F3N5O6/c1-34(2,3)49-29(46)16-23-14-25(36(37,38)39)21-44(20-23)26-11-12-40-19-24(26)17-27(45)30-31-28(15-22(18-41-31)10-9-13-43(7)8)48-32(30)42-33(47)50-35(4,5)6/h11-12,15,18-19,23,25H,9-10,13-14,16-17,20-21H2,1-8H3,(H,42,47)/t23-,25-/m1/s1. The number of alkyl halides is 3. The zero-order valence-electron chi connectivity index (χ0n) is 30.1. The van der Waals surface area contributed by atoms with Crippen LogP contribution in [-0.2, 0) is 27.1 Å². The van der Waals surface area contributed by atoms with Crippen LogP contribution in [0.2, 0.25) is 0 Å². The summed E-state index contributed by atoms with van der Waals surface area (Å²) in [5.41, 5.74) is 0.580. The van der Waals surface area contributed by atoms with Gasteiger partial charge in [-0.15, -0.1) is 0 Å². The van der Waals surface area contributed by atoms with Gasteiger partial charge in [-0.2, -0.15) is 13.2 Å². The van der Waals surface area contributed by atoms with Gasteiger partial charge in [0, 0.05) is 49.4 Å². The third kappa shape index (κ3) is 10.9. The number of aryl methyl sites for hydroxylation is 1. The Bertz CT molecular complexity index is 1680. The summed E-state index contributed by atoms with van der Waals surface area (Å²) in [5, 5.41) is 2.55. The first-order valence-corrected chi connectivity index (χ1v) is 16.7. The molecule has 11 nitrogen and oxygen atoms in total. The number of esters is 1. The molecule has 1 fully saturated rings. The molecular weight excluding hydrogens is 655 g/mol. The van der Waals surface area contributed by atoms with Crippen LogP contribution in [0.1, 0.15) is 82.3 Å². The highest BCUT2D eigenvalue weighted by molar-refractivity contribution is 6.12. The summed E-state index contributed by atoms with van der Waals surface area (Å²) >= 11 is 0. The number of nitrogens with zero attached hydrogens (tertiary/aromatic N) is 4. The van der Waals surface area contributed by atoms with Gasteiger partial charge in [0.05, 0.1) is 12.3 Å². The molecule has 0 radical (unpaired) electrons. The number of nitrogens with one attached hydrogen (secondary N) is 1. The van der Waals surface area contributed by atoms with Crippen LogP contribution < -0.4 is 10.2 Å². The largest absolute Gasteiger partial charge is 0.460 e. The van der Waals surface area contributed by atoms with Crippen molar-refractivity contribution < 1.29 is 41.4 Å². The molecule has 50 heavy (non-hydrogen) atoms. The van der Waals surface area contributed by atoms with E-state index in [1.54, 1.807) is 64.8 Å². The Labute approximate surface area is 290 Å². The Kier molecular flexibility index (Phi) is 11.9. The highest BCUT2D eigenvalue weighted by Crippen LogP contribution is 2.39. The lowest BCUT2D eigenvalue weighted by Crippen LogP contribution is -2.47. The fourth-order valence-corrected chi connectivity index (χ4v) is 6.03. The van der Waals surface area contributed by atoms with Gasteiger partial charge < -0.3 is 23.7 Å². The molecule has 0 saturated carbocycles. The molecule has 0 unspecified atom stereocenters. The van der Waals surface area contributed by atoms with E-state index in [1.807, 2.05) is 14.1 Å². The number of hydrogen-bond donors (Lipinski definition) is 1. The summed E-state index contributed by atoms with van der Waals surface area (Å²) < 4.78 is 59.3. The van der Waals surface area contributed by atoms with Crippen LogP contribution in [0.3, 0.4) is 0 Å². The fourth-order valence-electron chi connectivity index (χ4n) is 6.03. The number of amides is 1. The van der Waals surface area contributed by atoms with Crippen molar-refractivity contribution in [3.8, 4) is 0 Å². The fraction of sp³-hybridized carbons (Fsp3) is 0.583. The second-order valence-corrected chi connectivity index (χ2v) is 15.2. The highest BCUT2D eigenvalue weighted by Gasteiger charge is 2.45. The summed E-state index contributed by atoms with van der Waals surface area (Å²) in [4.78, 5) is 51.9. The zero-order valence-corrected chi connectivity index (χ0v) is 30.1. The normalized spacial score (nSPS) is 17.2. The minimum absolute atomic E-state index is 0.00937. The lowest BCUT2D eigenvalue weighted by molar-refractivity contribution is -0.181. The maximum absolute atomic E-state index is 14.2. The second-order valence-electron chi connectivity index (χ2n) is 15.2. The molecule has 4 heterocycles. The van der Waals surface area contributed by atoms with E-state index in [-0.39, 0.29) is 49.3 Å². The summed E-state index contributed by atoms with van der Waals surface area (Å²) in [5.74, 6) is -3.54. The van der Waals surface area contributed by atoms with Crippen LogP contribution in [0, 0.1) is 11.8 Å². The molecule has 1 saturated heterocycles. The molecule has 1 aliphatic heterocycles. The van der Waals surface area contributed by atoms with Gasteiger partial charge in [0.25, 0.3) is 0 Å². The Balaban J connectivity index is 1.66. The van der Waals surface area contributed by atoms with E-state index in [0.717, 1.165) is 18.5 Å². The van der Waals surface area contributed by atoms with Gasteiger partial charge in [-0.3, -0.25) is 24.9 Å². The van der Waals surface area contributed by atoms with Gasteiger partial charge in [0.2, 0.25) is 5.88 Å². The van der Waals surface area contributed by atoms with Gasteiger partial charge in [-0.05, 0) is 105 Å². The van der Waals surface area contributed by atoms with Crippen molar-refractivity contribution in [2.75, 3.05) is 43.9 Å². The summed E-state index contributed by atoms with van der Waals surface area (Å²) in [6.07, 6.45) is 0.115. The Morgan fingerprint density at radius 2 is 1.74 bits per heavy atom. The molecule has 0 aliphatic carbocycles. The number of carbonyl (C=O) groups is 3. The minimum Gasteiger partial charge on any atom is -0.460 e. The number of ketones is 1. The van der Waals surface area contributed by atoms with Crippen LogP contribution in [0.4, 0.5) is 29.5 Å². The molecule has 3 aromatic rings. The monoisotopic (exact) mass is 703 g/mol. The van der Waals surface area contributed by atoms with E-state index in [1.165, 1.54) is 12.4 Å². The number of furan rings is 1. The number of hydrogen-bond acceptors (Lipinski definition) is 10. The molecule has 3 aromatic heterocycles. The smallest absolute Gasteiger partial charge is 0.414 e. The number of pyridine rings is 2. The SMILES string of the molecule is CN(C)CCCc1cnc2c(C(=O)Cc3cnccc3N3C[C@@H](CC(=O)OC(C)(C)C)C[C@@H](C(F)(F)F)C3)c(NC(=O)OC(C)(C)C)oc2c1. The van der Waals surface area contributed by atoms with Crippen molar-refractivity contribution in [1.82, 2.24) is 14.9 Å². The Morgan fingerprint density at radius 1 is 1.04 bits per heavy atom. The van der Waals surface area contributed by atoms with Crippen LogP contribution in [0.15, 0.2) is 35.1 Å². The van der Waals surface area contributed by atoms with Crippen molar-refractivity contribution >= 4 is 40.5 Å². The summed E-state index contributed by atoms with van der Waals surface area (Å²) in [6.45, 7) is 10.9. The molecule has 1 aliphatic rings. The van der Waals surface area contributed by atoms with E-state index in [2.05, 4.69) is 20.2 Å². The predicted molar refractivity (Wildman–Crippen MR) is 183 cm³/mol. The second kappa shape index (κ2) is 15.4. The quantitative estimate of drug-likeness (QED) is 0.162. The van der Waals surface area contributed by atoms with E-state index in [9.17, 15) is 27.6 Å². The maximum atomic E-state index is 14.2. The average Bonchev–Trinajstić information content (AvgIpc) is 3.31. The Hall–Kier alpha value is -4.20. The highest BCUT2D eigenvalue weighted by atomic mass is 19.4. The van der Waals surface area contributed by atoms with Gasteiger partial charge in [-0.1, -0.05) is 0 Å². The number of carbonyl (C=O) groups excluding carboxylic acids is 3. The van der Waals surface area contributed by atoms with E-state index in [0.29, 0.717) is 23.3 Å². The maximum Gasteiger partial charge on any atom is 0.414 e. The van der Waals surface area contributed by atoms with Crippen LogP contribution in [0.25, 0.3) is 11.1 Å². The van der Waals surface area contributed by atoms with Crippen molar-refractivity contribution in [3.63, 3.8) is 0 Å². The van der Waals surface area contributed by atoms with Gasteiger partial charge in [0.1, 0.15) is 22.3 Å². The van der Waals surface area contributed by atoms with Crippen molar-refractivity contribution in [3.05, 3.63) is 47.4 Å². The lowest BCUT2D eigenvalue weighted by atomic mass is 9.86. The first kappa shape index (κ1) is 38.6. The van der Waals surface area contributed by atoms with Crippen LogP contribution in [-0.4, -0.2) is 83.8 Å². The number of fused-ring (bicyclic) bond motifs is 1. The van der Waals surface area contributed by atoms with Gasteiger partial charge in [0.15, 0.2) is 11.4 Å². The summed E-state index contributed by atoms with van der Waals surface area (Å²) in [6, 6.07) is 3.35. The third-order valence-corrected chi connectivity index (χ3v) is 7.99. The number of halogens is 3. The molecule has 4 rings (SSSR count). The third-order valence-electron chi connectivity index (χ3n) is 7.99. The van der Waals surface area contributed by atoms with Crippen molar-refractivity contribution in [2.24, 2.45) is 11.8 Å². The predicted octanol–water partition coefficient (Wildman–Crippen LogP) is 7.23. The number of ether oxygens (including phenoxy) is 2. The lowest BCUT2D eigenvalue weighted by Gasteiger charge is -2.40. The number of rotatable bonds is 11. The summed E-state index contributed by atoms with van der Waals surface area (Å²) in [7, 11) is 3.97. The average molecular weight is 704 g/mol. The van der Waals surface area contributed by atoms with Crippen LogP contribution in [0.5, 0.6) is 0 Å². The first-order valence-electron chi connectivity index (χ1n) is 16.7. The number of anilines is 2. The van der Waals surface area contributed by atoms with Crippen molar-refractivity contribution in [2.45, 2.75) is 91.0 Å². The molecule has 2 atom stereocenters. The van der Waals surface area contributed by atoms with Crippen molar-refractivity contribution in [1.29, 1.82) is 0 Å². The molecule has 0 bridgehead atoms. The molecule has 0 aromatic carbocycles.